The van der Waals surface area contributed by atoms with E-state index in [1.54, 1.807) is 0 Å². The van der Waals surface area contributed by atoms with E-state index in [9.17, 15) is 0 Å². The Labute approximate surface area is 80.1 Å². The van der Waals surface area contributed by atoms with Crippen molar-refractivity contribution >= 4 is 5.87 Å². The first-order valence-electron chi connectivity index (χ1n) is 4.15. The number of rotatable bonds is 6. The molecule has 0 spiro atoms. The fraction of sp³-hybridized carbons (Fsp3) is 0.273. The van der Waals surface area contributed by atoms with Gasteiger partial charge < -0.3 is 5.32 Å². The van der Waals surface area contributed by atoms with E-state index >= 15 is 0 Å². The SMILES string of the molecule is C=C=NC/C=C/C=C\C(=C)CNC. The molecule has 0 aliphatic rings. The molecule has 0 amide bonds. The predicted octanol–water partition coefficient (Wildman–Crippen LogP) is 1.73. The van der Waals surface area contributed by atoms with Gasteiger partial charge in [-0.05, 0) is 25.1 Å². The average Bonchev–Trinajstić information content (AvgIpc) is 2.11. The summed E-state index contributed by atoms with van der Waals surface area (Å²) in [6, 6.07) is 0. The van der Waals surface area contributed by atoms with Gasteiger partial charge in [0.25, 0.3) is 0 Å². The Morgan fingerprint density at radius 2 is 2.31 bits per heavy atom. The molecule has 2 nitrogen and oxygen atoms in total. The highest BCUT2D eigenvalue weighted by Gasteiger charge is 1.81. The fourth-order valence-electron chi connectivity index (χ4n) is 0.734. The first-order chi connectivity index (χ1) is 6.31. The van der Waals surface area contributed by atoms with Crippen LogP contribution in [0.2, 0.25) is 0 Å². The molecule has 0 aliphatic carbocycles. The van der Waals surface area contributed by atoms with Crippen LogP contribution in [0.5, 0.6) is 0 Å². The van der Waals surface area contributed by atoms with Crippen molar-refractivity contribution in [2.75, 3.05) is 20.1 Å². The molecule has 0 saturated heterocycles. The van der Waals surface area contributed by atoms with E-state index in [-0.39, 0.29) is 0 Å². The van der Waals surface area contributed by atoms with Crippen molar-refractivity contribution in [1.82, 2.24) is 5.32 Å². The van der Waals surface area contributed by atoms with E-state index in [4.69, 9.17) is 0 Å². The third kappa shape index (κ3) is 8.54. The molecule has 0 saturated carbocycles. The Morgan fingerprint density at radius 3 is 2.92 bits per heavy atom. The molecule has 1 N–H and O–H groups in total. The van der Waals surface area contributed by atoms with Crippen molar-refractivity contribution in [2.24, 2.45) is 4.99 Å². The lowest BCUT2D eigenvalue weighted by Gasteiger charge is -1.94. The van der Waals surface area contributed by atoms with E-state index in [2.05, 4.69) is 29.3 Å². The van der Waals surface area contributed by atoms with Crippen LogP contribution in [-0.4, -0.2) is 26.0 Å². The Bertz CT molecular complexity index is 243. The summed E-state index contributed by atoms with van der Waals surface area (Å²) in [5.74, 6) is 2.46. The summed E-state index contributed by atoms with van der Waals surface area (Å²) in [5.41, 5.74) is 1.05. The zero-order chi connectivity index (χ0) is 9.94. The van der Waals surface area contributed by atoms with Gasteiger partial charge in [-0.25, -0.2) is 4.99 Å². The van der Waals surface area contributed by atoms with Crippen LogP contribution in [0.25, 0.3) is 0 Å². The van der Waals surface area contributed by atoms with E-state index in [1.165, 1.54) is 0 Å². The van der Waals surface area contributed by atoms with Gasteiger partial charge in [0, 0.05) is 6.54 Å². The van der Waals surface area contributed by atoms with Gasteiger partial charge in [0.1, 0.15) is 0 Å². The maximum atomic E-state index is 3.85. The molecular formula is C11H16N2. The van der Waals surface area contributed by atoms with Crippen LogP contribution in [-0.2, 0) is 0 Å². The zero-order valence-corrected chi connectivity index (χ0v) is 8.09. The largest absolute Gasteiger partial charge is 0.316 e. The molecule has 0 aliphatic heterocycles. The third-order valence-electron chi connectivity index (χ3n) is 1.29. The maximum Gasteiger partial charge on any atom is 0.0667 e. The molecule has 0 radical (unpaired) electrons. The monoisotopic (exact) mass is 176 g/mol. The van der Waals surface area contributed by atoms with Crippen molar-refractivity contribution in [3.8, 4) is 0 Å². The Morgan fingerprint density at radius 1 is 1.54 bits per heavy atom. The quantitative estimate of drug-likeness (QED) is 0.483. The highest BCUT2D eigenvalue weighted by molar-refractivity contribution is 5.46. The molecule has 0 atom stereocenters. The molecule has 0 bridgehead atoms. The van der Waals surface area contributed by atoms with Crippen molar-refractivity contribution in [3.63, 3.8) is 0 Å². The summed E-state index contributed by atoms with van der Waals surface area (Å²) in [6.45, 7) is 8.66. The fourth-order valence-corrected chi connectivity index (χ4v) is 0.734. The predicted molar refractivity (Wildman–Crippen MR) is 59.3 cm³/mol. The second kappa shape index (κ2) is 8.72. The van der Waals surface area contributed by atoms with Crippen molar-refractivity contribution < 1.29 is 0 Å². The molecule has 0 aromatic heterocycles. The standard InChI is InChI=1S/C11H16N2/c1-4-13-9-7-5-6-8-11(2)10-12-3/h5-8,12H,1-2,9-10H2,3H3/b7-5+,8-6-. The third-order valence-corrected chi connectivity index (χ3v) is 1.29. The molecule has 2 heteroatoms. The minimum atomic E-state index is 0.631. The van der Waals surface area contributed by atoms with Crippen molar-refractivity contribution in [2.45, 2.75) is 0 Å². The summed E-state index contributed by atoms with van der Waals surface area (Å²) in [4.78, 5) is 3.81. The van der Waals surface area contributed by atoms with E-state index in [0.29, 0.717) is 6.54 Å². The maximum absolute atomic E-state index is 3.85. The van der Waals surface area contributed by atoms with Crippen LogP contribution >= 0.6 is 0 Å². The number of aliphatic imine (C=N–C) groups is 1. The normalized spacial score (nSPS) is 10.5. The topological polar surface area (TPSA) is 24.4 Å². The summed E-state index contributed by atoms with van der Waals surface area (Å²) >= 11 is 0. The number of nitrogens with zero attached hydrogens (tertiary/aromatic N) is 1. The van der Waals surface area contributed by atoms with Gasteiger partial charge in [-0.3, -0.25) is 0 Å². The van der Waals surface area contributed by atoms with Crippen LogP contribution in [0.3, 0.4) is 0 Å². The van der Waals surface area contributed by atoms with Gasteiger partial charge in [-0.1, -0.05) is 30.9 Å². The summed E-state index contributed by atoms with van der Waals surface area (Å²) in [7, 11) is 1.90. The van der Waals surface area contributed by atoms with Crippen LogP contribution in [0, 0.1) is 0 Å². The average molecular weight is 176 g/mol. The van der Waals surface area contributed by atoms with E-state index < -0.39 is 0 Å². The second-order valence-corrected chi connectivity index (χ2v) is 2.47. The lowest BCUT2D eigenvalue weighted by Crippen LogP contribution is -2.08. The lowest BCUT2D eigenvalue weighted by atomic mass is 10.2. The Hall–Kier alpha value is -1.37. The second-order valence-electron chi connectivity index (χ2n) is 2.47. The molecule has 0 fully saturated rings. The van der Waals surface area contributed by atoms with Crippen LogP contribution in [0.1, 0.15) is 0 Å². The molecular weight excluding hydrogens is 160 g/mol. The van der Waals surface area contributed by atoms with Crippen LogP contribution in [0.15, 0.2) is 48.0 Å². The van der Waals surface area contributed by atoms with Gasteiger partial charge >= 0.3 is 0 Å². The van der Waals surface area contributed by atoms with Gasteiger partial charge in [-0.15, -0.1) is 0 Å². The van der Waals surface area contributed by atoms with Gasteiger partial charge in [0.2, 0.25) is 0 Å². The van der Waals surface area contributed by atoms with Crippen LogP contribution in [0.4, 0.5) is 0 Å². The number of hydrogen-bond acceptors (Lipinski definition) is 2. The summed E-state index contributed by atoms with van der Waals surface area (Å²) in [6.07, 6.45) is 7.77. The number of hydrogen-bond donors (Lipinski definition) is 1. The van der Waals surface area contributed by atoms with Crippen molar-refractivity contribution in [3.05, 3.63) is 43.0 Å². The van der Waals surface area contributed by atoms with Gasteiger partial charge in [0.15, 0.2) is 0 Å². The lowest BCUT2D eigenvalue weighted by molar-refractivity contribution is 0.898. The zero-order valence-electron chi connectivity index (χ0n) is 8.09. The molecule has 0 heterocycles. The molecule has 70 valence electrons. The Kier molecular flexibility index (Phi) is 7.80. The van der Waals surface area contributed by atoms with E-state index in [1.807, 2.05) is 31.4 Å². The smallest absolute Gasteiger partial charge is 0.0667 e. The molecule has 0 aromatic rings. The molecule has 13 heavy (non-hydrogen) atoms. The van der Waals surface area contributed by atoms with E-state index in [0.717, 1.165) is 12.1 Å². The number of allylic oxidation sites excluding steroid dienone is 2. The van der Waals surface area contributed by atoms with Crippen LogP contribution < -0.4 is 5.32 Å². The minimum absolute atomic E-state index is 0.631. The first-order valence-corrected chi connectivity index (χ1v) is 4.15. The highest BCUT2D eigenvalue weighted by atomic mass is 14.8. The van der Waals surface area contributed by atoms with Crippen molar-refractivity contribution in [1.29, 1.82) is 0 Å². The minimum Gasteiger partial charge on any atom is -0.316 e. The Balaban J connectivity index is 3.66. The molecule has 0 rings (SSSR count). The van der Waals surface area contributed by atoms with Gasteiger partial charge in [0.05, 0.1) is 6.54 Å². The van der Waals surface area contributed by atoms with Gasteiger partial charge in [-0.2, -0.15) is 0 Å². The number of likely N-dealkylation sites (N-methyl/N-ethyl adjacent to an activating group) is 1. The first kappa shape index (κ1) is 11.6. The molecule has 0 aromatic carbocycles. The summed E-state index contributed by atoms with van der Waals surface area (Å²) in [5, 5.41) is 3.02. The summed E-state index contributed by atoms with van der Waals surface area (Å²) < 4.78 is 0. The molecule has 0 unspecified atom stereocenters. The highest BCUT2D eigenvalue weighted by Crippen LogP contribution is 1.90. The number of nitrogens with one attached hydrogen (secondary N) is 1.